The maximum atomic E-state index is 13.9. The minimum Gasteiger partial charge on any atom is -0.465 e. The van der Waals surface area contributed by atoms with Crippen LogP contribution in [0.5, 0.6) is 11.5 Å². The van der Waals surface area contributed by atoms with Gasteiger partial charge in [-0.1, -0.05) is 12.1 Å². The van der Waals surface area contributed by atoms with Gasteiger partial charge in [0.1, 0.15) is 0 Å². The van der Waals surface area contributed by atoms with Gasteiger partial charge >= 0.3 is 5.97 Å². The first-order valence-electron chi connectivity index (χ1n) is 11.9. The van der Waals surface area contributed by atoms with Crippen LogP contribution in [0.25, 0.3) is 10.9 Å². The molecule has 0 unspecified atom stereocenters. The highest BCUT2D eigenvalue weighted by molar-refractivity contribution is 7.89. The molecule has 0 radical (unpaired) electrons. The van der Waals surface area contributed by atoms with E-state index in [-0.39, 0.29) is 41.5 Å². The van der Waals surface area contributed by atoms with E-state index in [9.17, 15) is 18.0 Å². The lowest BCUT2D eigenvalue weighted by molar-refractivity contribution is 0.0600. The molecule has 1 N–H and O–H groups in total. The van der Waals surface area contributed by atoms with Crippen LogP contribution in [0, 0.1) is 13.8 Å². The van der Waals surface area contributed by atoms with Crippen LogP contribution >= 0.6 is 0 Å². The van der Waals surface area contributed by atoms with E-state index in [1.165, 1.54) is 35.7 Å². The van der Waals surface area contributed by atoms with Gasteiger partial charge in [-0.05, 0) is 84.5 Å². The molecule has 196 valence electrons. The SMILES string of the molecule is COC(=O)c1cccc(S(=O)(=O)N(Cc2ccc3c(c2)OCO3)Cc2cc3cc(C)c(C)cc3[nH]c2=O)c1. The van der Waals surface area contributed by atoms with Gasteiger partial charge in [0.05, 0.1) is 17.6 Å². The second-order valence-corrected chi connectivity index (χ2v) is 11.1. The smallest absolute Gasteiger partial charge is 0.337 e. The number of esters is 1. The van der Waals surface area contributed by atoms with E-state index in [0.717, 1.165) is 16.5 Å². The quantitative estimate of drug-likeness (QED) is 0.356. The summed E-state index contributed by atoms with van der Waals surface area (Å²) in [5, 5.41) is 0.802. The van der Waals surface area contributed by atoms with Gasteiger partial charge in [-0.25, -0.2) is 13.2 Å². The fourth-order valence-corrected chi connectivity index (χ4v) is 5.80. The summed E-state index contributed by atoms with van der Waals surface area (Å²) in [6.07, 6.45) is 0. The Morgan fingerprint density at radius 1 is 0.974 bits per heavy atom. The Hall–Kier alpha value is -4.15. The number of fused-ring (bicyclic) bond motifs is 2. The zero-order valence-electron chi connectivity index (χ0n) is 21.1. The van der Waals surface area contributed by atoms with Crippen LogP contribution in [0.2, 0.25) is 0 Å². The summed E-state index contributed by atoms with van der Waals surface area (Å²) in [6.45, 7) is 3.78. The Bertz CT molecular complexity index is 1730. The predicted molar refractivity (Wildman–Crippen MR) is 141 cm³/mol. The normalized spacial score (nSPS) is 12.7. The molecule has 3 aromatic carbocycles. The van der Waals surface area contributed by atoms with E-state index in [0.29, 0.717) is 22.6 Å². The fourth-order valence-electron chi connectivity index (χ4n) is 4.35. The number of aromatic amines is 1. The summed E-state index contributed by atoms with van der Waals surface area (Å²) in [4.78, 5) is 27.9. The highest BCUT2D eigenvalue weighted by atomic mass is 32.2. The van der Waals surface area contributed by atoms with Crippen LogP contribution in [0.4, 0.5) is 0 Å². The van der Waals surface area contributed by atoms with Crippen molar-refractivity contribution in [2.24, 2.45) is 0 Å². The number of nitrogens with one attached hydrogen (secondary N) is 1. The molecule has 4 aromatic rings. The number of hydrogen-bond acceptors (Lipinski definition) is 7. The number of hydrogen-bond donors (Lipinski definition) is 1. The van der Waals surface area contributed by atoms with Crippen LogP contribution in [-0.4, -0.2) is 37.6 Å². The third-order valence-electron chi connectivity index (χ3n) is 6.57. The summed E-state index contributed by atoms with van der Waals surface area (Å²) >= 11 is 0. The molecule has 1 aliphatic rings. The first-order chi connectivity index (χ1) is 18.2. The van der Waals surface area contributed by atoms with Crippen molar-refractivity contribution in [1.29, 1.82) is 0 Å². The van der Waals surface area contributed by atoms with Crippen LogP contribution in [0.1, 0.15) is 32.6 Å². The number of ether oxygens (including phenoxy) is 3. The number of rotatable bonds is 7. The number of aromatic nitrogens is 1. The minimum atomic E-state index is -4.16. The average molecular weight is 535 g/mol. The molecule has 0 spiro atoms. The van der Waals surface area contributed by atoms with Crippen molar-refractivity contribution >= 4 is 26.9 Å². The van der Waals surface area contributed by atoms with Crippen LogP contribution in [-0.2, 0) is 27.8 Å². The van der Waals surface area contributed by atoms with Crippen LogP contribution in [0.3, 0.4) is 0 Å². The molecule has 0 bridgehead atoms. The zero-order chi connectivity index (χ0) is 27.0. The highest BCUT2D eigenvalue weighted by Gasteiger charge is 2.28. The van der Waals surface area contributed by atoms with Crippen molar-refractivity contribution in [3.63, 3.8) is 0 Å². The molecule has 1 aromatic heterocycles. The molecule has 0 saturated carbocycles. The molecule has 0 amide bonds. The van der Waals surface area contributed by atoms with E-state index in [1.807, 2.05) is 26.0 Å². The van der Waals surface area contributed by atoms with Gasteiger partial charge in [-0.3, -0.25) is 4.79 Å². The van der Waals surface area contributed by atoms with Crippen LogP contribution in [0.15, 0.2) is 70.4 Å². The van der Waals surface area contributed by atoms with Crippen molar-refractivity contribution in [1.82, 2.24) is 9.29 Å². The molecule has 5 rings (SSSR count). The summed E-state index contributed by atoms with van der Waals surface area (Å²) in [7, 11) is -2.93. The Morgan fingerprint density at radius 3 is 2.53 bits per heavy atom. The Balaban J connectivity index is 1.58. The standard InChI is InChI=1S/C28H26N2O7S/c1-17-9-21-12-22(27(31)29-24(21)10-18(17)2)15-30(14-19-7-8-25-26(11-19)37-16-36-25)38(33,34)23-6-4-5-20(13-23)28(32)35-3/h4-13H,14-16H2,1-3H3,(H,29,31). The van der Waals surface area contributed by atoms with Gasteiger partial charge in [0, 0.05) is 24.2 Å². The predicted octanol–water partition coefficient (Wildman–Crippen LogP) is 4.05. The zero-order valence-corrected chi connectivity index (χ0v) is 21.9. The number of carbonyl (C=O) groups excluding carboxylic acids is 1. The molecule has 2 heterocycles. The lowest BCUT2D eigenvalue weighted by Gasteiger charge is -2.23. The van der Waals surface area contributed by atoms with Gasteiger partial charge in [0.15, 0.2) is 11.5 Å². The largest absolute Gasteiger partial charge is 0.465 e. The number of H-pyrrole nitrogens is 1. The molecular formula is C28H26N2O7S. The first kappa shape index (κ1) is 25.5. The lowest BCUT2D eigenvalue weighted by Crippen LogP contribution is -2.32. The Labute approximate surface area is 219 Å². The number of aryl methyl sites for hydroxylation is 2. The van der Waals surface area contributed by atoms with Gasteiger partial charge in [0.2, 0.25) is 16.8 Å². The molecule has 38 heavy (non-hydrogen) atoms. The van der Waals surface area contributed by atoms with E-state index in [4.69, 9.17) is 14.2 Å². The topological polar surface area (TPSA) is 115 Å². The monoisotopic (exact) mass is 534 g/mol. The van der Waals surface area contributed by atoms with Gasteiger partial charge < -0.3 is 19.2 Å². The fraction of sp³-hybridized carbons (Fsp3) is 0.214. The van der Waals surface area contributed by atoms with Crippen LogP contribution < -0.4 is 15.0 Å². The minimum absolute atomic E-state index is 0.0498. The van der Waals surface area contributed by atoms with Gasteiger partial charge in [-0.15, -0.1) is 0 Å². The van der Waals surface area contributed by atoms with Crippen molar-refractivity contribution in [2.75, 3.05) is 13.9 Å². The number of sulfonamides is 1. The van der Waals surface area contributed by atoms with E-state index < -0.39 is 16.0 Å². The molecule has 10 heteroatoms. The number of benzene rings is 3. The summed E-state index contributed by atoms with van der Waals surface area (Å²) in [6, 6.07) is 16.4. The van der Waals surface area contributed by atoms with E-state index in [1.54, 1.807) is 24.3 Å². The summed E-state index contributed by atoms with van der Waals surface area (Å²) < 4.78 is 44.6. The third kappa shape index (κ3) is 4.88. The summed E-state index contributed by atoms with van der Waals surface area (Å²) in [5.41, 5.74) is 3.43. The molecular weight excluding hydrogens is 508 g/mol. The van der Waals surface area contributed by atoms with Crippen molar-refractivity contribution < 1.29 is 27.4 Å². The Kier molecular flexibility index (Phi) is 6.68. The molecule has 0 aliphatic carbocycles. The van der Waals surface area contributed by atoms with Crippen molar-refractivity contribution in [3.05, 3.63) is 98.8 Å². The number of carbonyl (C=O) groups is 1. The lowest BCUT2D eigenvalue weighted by atomic mass is 10.0. The second kappa shape index (κ2) is 9.96. The molecule has 1 aliphatic heterocycles. The molecule has 9 nitrogen and oxygen atoms in total. The number of methoxy groups -OCH3 is 1. The van der Waals surface area contributed by atoms with Crippen molar-refractivity contribution in [3.8, 4) is 11.5 Å². The van der Waals surface area contributed by atoms with E-state index in [2.05, 4.69) is 4.98 Å². The van der Waals surface area contributed by atoms with Gasteiger partial charge in [0.25, 0.3) is 5.56 Å². The third-order valence-corrected chi connectivity index (χ3v) is 8.36. The summed E-state index contributed by atoms with van der Waals surface area (Å²) in [5.74, 6) is 0.438. The maximum absolute atomic E-state index is 13.9. The average Bonchev–Trinajstić information content (AvgIpc) is 3.37. The molecule has 0 atom stereocenters. The van der Waals surface area contributed by atoms with Gasteiger partial charge in [-0.2, -0.15) is 4.31 Å². The maximum Gasteiger partial charge on any atom is 0.337 e. The molecule has 0 fully saturated rings. The Morgan fingerprint density at radius 2 is 1.74 bits per heavy atom. The molecule has 0 saturated heterocycles. The number of nitrogens with zero attached hydrogens (tertiary/aromatic N) is 1. The first-order valence-corrected chi connectivity index (χ1v) is 13.3. The highest BCUT2D eigenvalue weighted by Crippen LogP contribution is 2.33. The number of pyridine rings is 1. The van der Waals surface area contributed by atoms with E-state index >= 15 is 0 Å². The second-order valence-electron chi connectivity index (χ2n) is 9.13. The van der Waals surface area contributed by atoms with Crippen molar-refractivity contribution in [2.45, 2.75) is 31.8 Å².